The van der Waals surface area contributed by atoms with Gasteiger partial charge in [0.05, 0.1) is 0 Å². The summed E-state index contributed by atoms with van der Waals surface area (Å²) in [5, 5.41) is 0. The molecule has 2 rings (SSSR count). The van der Waals surface area contributed by atoms with Gasteiger partial charge in [0.2, 0.25) is 5.91 Å². The Morgan fingerprint density at radius 3 is 2.74 bits per heavy atom. The molecule has 0 bridgehead atoms. The Kier molecular flexibility index (Phi) is 4.53. The summed E-state index contributed by atoms with van der Waals surface area (Å²) in [5.41, 5.74) is 6.89. The zero-order valence-electron chi connectivity index (χ0n) is 11.3. The second-order valence-electron chi connectivity index (χ2n) is 5.35. The van der Waals surface area contributed by atoms with E-state index in [9.17, 15) is 9.18 Å². The molecule has 1 saturated heterocycles. The van der Waals surface area contributed by atoms with E-state index in [0.717, 1.165) is 24.9 Å². The first kappa shape index (κ1) is 14.0. The number of benzene rings is 1. The van der Waals surface area contributed by atoms with Gasteiger partial charge in [0.1, 0.15) is 5.82 Å². The first-order valence-corrected chi connectivity index (χ1v) is 6.86. The molecule has 0 aliphatic carbocycles. The first-order chi connectivity index (χ1) is 9.06. The highest BCUT2D eigenvalue weighted by Crippen LogP contribution is 2.17. The van der Waals surface area contributed by atoms with Crippen LogP contribution in [0.1, 0.15) is 31.7 Å². The summed E-state index contributed by atoms with van der Waals surface area (Å²) in [6.07, 6.45) is 2.90. The van der Waals surface area contributed by atoms with Gasteiger partial charge in [-0.05, 0) is 43.9 Å². The van der Waals surface area contributed by atoms with Crippen LogP contribution in [0.5, 0.6) is 0 Å². The SMILES string of the molecule is C[C@@H]1C[C@@H](N)CCN1C(=O)CCc1ccc(F)cc1. The van der Waals surface area contributed by atoms with Crippen LogP contribution < -0.4 is 5.73 Å². The predicted octanol–water partition coefficient (Wildman–Crippen LogP) is 2.10. The van der Waals surface area contributed by atoms with Crippen molar-refractivity contribution in [3.63, 3.8) is 0 Å². The summed E-state index contributed by atoms with van der Waals surface area (Å²) in [7, 11) is 0. The van der Waals surface area contributed by atoms with E-state index in [1.54, 1.807) is 12.1 Å². The number of carbonyl (C=O) groups is 1. The monoisotopic (exact) mass is 264 g/mol. The molecule has 0 aromatic heterocycles. The lowest BCUT2D eigenvalue weighted by Gasteiger charge is -2.36. The van der Waals surface area contributed by atoms with Crippen LogP contribution in [0.2, 0.25) is 0 Å². The fourth-order valence-electron chi connectivity index (χ4n) is 2.62. The Morgan fingerprint density at radius 1 is 1.42 bits per heavy atom. The molecule has 104 valence electrons. The molecule has 1 fully saturated rings. The molecule has 0 unspecified atom stereocenters. The van der Waals surface area contributed by atoms with Crippen molar-refractivity contribution in [1.82, 2.24) is 4.90 Å². The number of amides is 1. The Bertz CT molecular complexity index is 432. The summed E-state index contributed by atoms with van der Waals surface area (Å²) in [5.74, 6) is -0.0718. The van der Waals surface area contributed by atoms with Crippen molar-refractivity contribution < 1.29 is 9.18 Å². The molecular formula is C15H21FN2O. The van der Waals surface area contributed by atoms with E-state index in [0.29, 0.717) is 12.8 Å². The smallest absolute Gasteiger partial charge is 0.223 e. The van der Waals surface area contributed by atoms with E-state index in [-0.39, 0.29) is 23.8 Å². The topological polar surface area (TPSA) is 46.3 Å². The second-order valence-corrected chi connectivity index (χ2v) is 5.35. The van der Waals surface area contributed by atoms with E-state index in [1.165, 1.54) is 12.1 Å². The molecular weight excluding hydrogens is 243 g/mol. The van der Waals surface area contributed by atoms with E-state index < -0.39 is 0 Å². The molecule has 2 N–H and O–H groups in total. The summed E-state index contributed by atoms with van der Waals surface area (Å²) in [4.78, 5) is 14.1. The van der Waals surface area contributed by atoms with Crippen molar-refractivity contribution in [2.24, 2.45) is 5.73 Å². The Hall–Kier alpha value is -1.42. The van der Waals surface area contributed by atoms with Crippen LogP contribution in [0, 0.1) is 5.82 Å². The minimum absolute atomic E-state index is 0.170. The van der Waals surface area contributed by atoms with Crippen LogP contribution in [0.3, 0.4) is 0 Å². The van der Waals surface area contributed by atoms with Crippen molar-refractivity contribution in [3.8, 4) is 0 Å². The zero-order valence-corrected chi connectivity index (χ0v) is 11.3. The largest absolute Gasteiger partial charge is 0.340 e. The Morgan fingerprint density at radius 2 is 2.11 bits per heavy atom. The lowest BCUT2D eigenvalue weighted by Crippen LogP contribution is -2.48. The van der Waals surface area contributed by atoms with E-state index in [1.807, 2.05) is 4.90 Å². The summed E-state index contributed by atoms with van der Waals surface area (Å²) < 4.78 is 12.8. The third-order valence-corrected chi connectivity index (χ3v) is 3.78. The van der Waals surface area contributed by atoms with Gasteiger partial charge in [-0.3, -0.25) is 4.79 Å². The van der Waals surface area contributed by atoms with Crippen LogP contribution in [-0.4, -0.2) is 29.4 Å². The van der Waals surface area contributed by atoms with Crippen LogP contribution >= 0.6 is 0 Å². The van der Waals surface area contributed by atoms with E-state index >= 15 is 0 Å². The van der Waals surface area contributed by atoms with Gasteiger partial charge in [-0.1, -0.05) is 12.1 Å². The molecule has 1 heterocycles. The predicted molar refractivity (Wildman–Crippen MR) is 73.1 cm³/mol. The minimum atomic E-state index is -0.242. The van der Waals surface area contributed by atoms with Gasteiger partial charge in [0.15, 0.2) is 0 Å². The fourth-order valence-corrected chi connectivity index (χ4v) is 2.62. The molecule has 1 aliphatic heterocycles. The number of nitrogens with two attached hydrogens (primary N) is 1. The normalized spacial score (nSPS) is 23.4. The van der Waals surface area contributed by atoms with Crippen LogP contribution in [0.15, 0.2) is 24.3 Å². The lowest BCUT2D eigenvalue weighted by atomic mass is 9.98. The molecule has 1 aromatic carbocycles. The number of hydrogen-bond acceptors (Lipinski definition) is 2. The molecule has 0 spiro atoms. The van der Waals surface area contributed by atoms with E-state index in [2.05, 4.69) is 6.92 Å². The van der Waals surface area contributed by atoms with Gasteiger partial charge in [0.25, 0.3) is 0 Å². The number of nitrogens with zero attached hydrogens (tertiary/aromatic N) is 1. The maximum absolute atomic E-state index is 12.8. The van der Waals surface area contributed by atoms with Crippen molar-refractivity contribution in [1.29, 1.82) is 0 Å². The van der Waals surface area contributed by atoms with Gasteiger partial charge in [-0.25, -0.2) is 4.39 Å². The number of likely N-dealkylation sites (tertiary alicyclic amines) is 1. The van der Waals surface area contributed by atoms with Crippen molar-refractivity contribution >= 4 is 5.91 Å². The van der Waals surface area contributed by atoms with Crippen molar-refractivity contribution in [2.75, 3.05) is 6.54 Å². The summed E-state index contributed by atoms with van der Waals surface area (Å²) in [6, 6.07) is 6.78. The maximum atomic E-state index is 12.8. The average Bonchev–Trinajstić information content (AvgIpc) is 2.37. The molecule has 19 heavy (non-hydrogen) atoms. The Balaban J connectivity index is 1.85. The average molecular weight is 264 g/mol. The van der Waals surface area contributed by atoms with Gasteiger partial charge >= 0.3 is 0 Å². The van der Waals surface area contributed by atoms with Crippen LogP contribution in [-0.2, 0) is 11.2 Å². The standard InChI is InChI=1S/C15H21FN2O/c1-11-10-14(17)8-9-18(11)15(19)7-4-12-2-5-13(16)6-3-12/h2-3,5-6,11,14H,4,7-10,17H2,1H3/t11-,14+/m1/s1. The van der Waals surface area contributed by atoms with Crippen LogP contribution in [0.4, 0.5) is 4.39 Å². The highest BCUT2D eigenvalue weighted by molar-refractivity contribution is 5.76. The van der Waals surface area contributed by atoms with Gasteiger partial charge < -0.3 is 10.6 Å². The summed E-state index contributed by atoms with van der Waals surface area (Å²) >= 11 is 0. The molecule has 3 nitrogen and oxygen atoms in total. The molecule has 0 saturated carbocycles. The number of aryl methyl sites for hydroxylation is 1. The first-order valence-electron chi connectivity index (χ1n) is 6.86. The second kappa shape index (κ2) is 6.15. The molecule has 0 radical (unpaired) electrons. The number of hydrogen-bond donors (Lipinski definition) is 1. The Labute approximate surface area is 113 Å². The van der Waals surface area contributed by atoms with Crippen LogP contribution in [0.25, 0.3) is 0 Å². The third-order valence-electron chi connectivity index (χ3n) is 3.78. The molecule has 2 atom stereocenters. The van der Waals surface area contributed by atoms with Gasteiger partial charge in [0, 0.05) is 25.0 Å². The number of carbonyl (C=O) groups excluding carboxylic acids is 1. The van der Waals surface area contributed by atoms with Gasteiger partial charge in [-0.15, -0.1) is 0 Å². The highest BCUT2D eigenvalue weighted by Gasteiger charge is 2.26. The molecule has 1 amide bonds. The number of rotatable bonds is 3. The zero-order chi connectivity index (χ0) is 13.8. The van der Waals surface area contributed by atoms with Gasteiger partial charge in [-0.2, -0.15) is 0 Å². The quantitative estimate of drug-likeness (QED) is 0.908. The van der Waals surface area contributed by atoms with Crippen molar-refractivity contribution in [3.05, 3.63) is 35.6 Å². The summed E-state index contributed by atoms with van der Waals surface area (Å²) in [6.45, 7) is 2.80. The third kappa shape index (κ3) is 3.77. The highest BCUT2D eigenvalue weighted by atomic mass is 19.1. The lowest BCUT2D eigenvalue weighted by molar-refractivity contribution is -0.134. The minimum Gasteiger partial charge on any atom is -0.340 e. The van der Waals surface area contributed by atoms with E-state index in [4.69, 9.17) is 5.73 Å². The fraction of sp³-hybridized carbons (Fsp3) is 0.533. The number of piperidine rings is 1. The van der Waals surface area contributed by atoms with Crippen molar-refractivity contribution in [2.45, 2.75) is 44.7 Å². The molecule has 1 aromatic rings. The number of halogens is 1. The molecule has 1 aliphatic rings. The molecule has 4 heteroatoms. The maximum Gasteiger partial charge on any atom is 0.223 e.